The van der Waals surface area contributed by atoms with Gasteiger partial charge in [-0.1, -0.05) is 69.3 Å². The number of nitrogens with one attached hydrogen (secondary N) is 19. The van der Waals surface area contributed by atoms with Gasteiger partial charge in [-0.05, 0) is 200 Å². The molecule has 1 aliphatic heterocycles. The molecule has 3 aromatic rings. The van der Waals surface area contributed by atoms with Crippen LogP contribution in [-0.2, 0) is 114 Å². The Kier molecular flexibility index (Phi) is 40.9. The Morgan fingerprint density at radius 2 is 0.860 bits per heavy atom. The normalized spacial score (nSPS) is 15.4. The zero-order chi connectivity index (χ0) is 104. The van der Waals surface area contributed by atoms with Crippen molar-refractivity contribution in [3.63, 3.8) is 0 Å². The summed E-state index contributed by atoms with van der Waals surface area (Å²) in [5, 5.41) is 66.9. The van der Waals surface area contributed by atoms with E-state index in [1.807, 2.05) is 24.3 Å². The zero-order valence-corrected chi connectivity index (χ0v) is 82.0. The lowest BCUT2D eigenvalue weighted by Gasteiger charge is -2.37. The van der Waals surface area contributed by atoms with Crippen molar-refractivity contribution in [1.82, 2.24) is 106 Å². The number of rotatable bonds is 51. The Balaban J connectivity index is 1.30. The van der Waals surface area contributed by atoms with E-state index in [1.165, 1.54) is 143 Å². The zero-order valence-electron chi connectivity index (χ0n) is 82.0. The van der Waals surface area contributed by atoms with Crippen molar-refractivity contribution in [3.8, 4) is 0 Å². The van der Waals surface area contributed by atoms with E-state index in [1.54, 1.807) is 57.3 Å². The number of likely N-dealkylation sites (tertiary alicyclic amines) is 1. The van der Waals surface area contributed by atoms with E-state index < -0.39 is 261 Å². The lowest BCUT2D eigenvalue weighted by atomic mass is 9.93. The second kappa shape index (κ2) is 48.3. The van der Waals surface area contributed by atoms with Gasteiger partial charge in [0, 0.05) is 49.8 Å². The summed E-state index contributed by atoms with van der Waals surface area (Å²) in [6.07, 6.45) is 0.922. The van der Waals surface area contributed by atoms with Crippen molar-refractivity contribution >= 4 is 135 Å². The number of carbonyl (C=O) groups excluding carboxylic acids is 21. The fourth-order valence-electron chi connectivity index (χ4n) is 13.9. The molecule has 21 amide bonds. The second-order valence-corrected chi connectivity index (χ2v) is 39.2. The Hall–Kier alpha value is -13.2. The number of nitrogens with zero attached hydrogens (tertiary/aromatic N) is 1. The van der Waals surface area contributed by atoms with E-state index in [9.17, 15) is 111 Å². The summed E-state index contributed by atoms with van der Waals surface area (Å²) in [5.74, 6) is -18.5. The molecule has 1 saturated heterocycles. The number of aromatic amines is 1. The number of nitrogens with two attached hydrogens (primary N) is 2. The summed E-state index contributed by atoms with van der Waals surface area (Å²) in [7, 11) is 0. The van der Waals surface area contributed by atoms with Crippen LogP contribution in [0.2, 0.25) is 0 Å². The fourth-order valence-corrected chi connectivity index (χ4v) is 13.9. The molecule has 2 heterocycles. The molecule has 1 aromatic heterocycles. The summed E-state index contributed by atoms with van der Waals surface area (Å²) >= 11 is 0. The van der Waals surface area contributed by atoms with E-state index in [4.69, 9.17) is 11.5 Å². The molecule has 136 heavy (non-hydrogen) atoms. The smallest absolute Gasteiger partial charge is 0.248 e. The predicted octanol–water partition coefficient (Wildman–Crippen LogP) is -4.00. The van der Waals surface area contributed by atoms with Crippen LogP contribution in [-0.4, -0.2) is 275 Å². The van der Waals surface area contributed by atoms with Gasteiger partial charge in [0.25, 0.3) is 0 Å². The highest BCUT2D eigenvalue weighted by molar-refractivity contribution is 6.05. The molecule has 2 aromatic carbocycles. The SMILES string of the molecule is CC[C@@](C)(NC(=O)[C@@H]1CCCN1C(=O)C(C)(C)NC(=O)[C@@H](C)NC(=O)[C@H](C)NC(=O)C(C)(C)NC(=O)C(C)(C)NC(=O)CNC(=O)[C@@H](CCC(N)=O)NC(=O)[C@@H](CC(C)C)NC(=O)C(C)(C)NC(=O)C(C)(C)NC(=O)[C@H](CO)NC(=O)C(C)(C)NC(=O)[C@H](Cc1ccccc1)NC(C)=O)C(=O)NC(C)(C)C(=O)NC(C)(C)C(=O)N[C@@H](CCC(N)=O)C(=O)N[C@@H](CO)Cc1c[nH]c2ccccc12. The van der Waals surface area contributed by atoms with Gasteiger partial charge >= 0.3 is 0 Å². The van der Waals surface area contributed by atoms with E-state index in [2.05, 4.69) is 101 Å². The van der Waals surface area contributed by atoms with Crippen LogP contribution in [0.15, 0.2) is 60.8 Å². The highest BCUT2D eigenvalue weighted by Gasteiger charge is 2.49. The van der Waals surface area contributed by atoms with Gasteiger partial charge in [0.1, 0.15) is 98.2 Å². The van der Waals surface area contributed by atoms with Crippen molar-refractivity contribution in [2.45, 2.75) is 328 Å². The quantitative estimate of drug-likeness (QED) is 0.0256. The van der Waals surface area contributed by atoms with Gasteiger partial charge in [0.15, 0.2) is 0 Å². The molecule has 1 aliphatic rings. The first-order valence-corrected chi connectivity index (χ1v) is 44.9. The molecule has 0 saturated carbocycles. The van der Waals surface area contributed by atoms with Gasteiger partial charge in [0.05, 0.1) is 25.8 Å². The minimum absolute atomic E-state index is 0.0415. The number of primary amides is 2. The van der Waals surface area contributed by atoms with Crippen molar-refractivity contribution in [1.29, 1.82) is 0 Å². The number of amides is 21. The number of para-hydroxylation sites is 1. The molecule has 25 N–H and O–H groups in total. The Labute approximate surface area is 791 Å². The minimum Gasteiger partial charge on any atom is -0.394 e. The van der Waals surface area contributed by atoms with Gasteiger partial charge in [-0.25, -0.2) is 0 Å². The first-order chi connectivity index (χ1) is 62.6. The maximum Gasteiger partial charge on any atom is 0.248 e. The first-order valence-electron chi connectivity index (χ1n) is 44.9. The summed E-state index contributed by atoms with van der Waals surface area (Å²) in [6.45, 7) is 28.8. The van der Waals surface area contributed by atoms with Crippen molar-refractivity contribution < 1.29 is 111 Å². The molecular weight excluding hydrogens is 1770 g/mol. The third-order valence-corrected chi connectivity index (χ3v) is 22.7. The van der Waals surface area contributed by atoms with Gasteiger partial charge in [-0.2, -0.15) is 0 Å². The van der Waals surface area contributed by atoms with Crippen LogP contribution in [0.5, 0.6) is 0 Å². The molecule has 0 radical (unpaired) electrons. The predicted molar refractivity (Wildman–Crippen MR) is 497 cm³/mol. The average molecular weight is 1910 g/mol. The summed E-state index contributed by atoms with van der Waals surface area (Å²) in [6, 6.07) is 4.24. The van der Waals surface area contributed by atoms with E-state index in [-0.39, 0.29) is 57.4 Å². The van der Waals surface area contributed by atoms with E-state index in [0.717, 1.165) is 16.5 Å². The molecule has 45 nitrogen and oxygen atoms in total. The molecule has 0 unspecified atom stereocenters. The molecule has 0 aliphatic carbocycles. The standard InChI is InChI=1S/C91H142N22O23/c1-24-91(23,81(135)112-89(19,20)80(134)111-85(11,12)76(130)101-58(37-39-64(93)118)69(123)99-54(46-114)43-53-44-94-56-34-29-28-33-55(53)56)108-73(127)62-35-30-40-113(62)82(136)90(21,22)105-67(121)50(5)96-66(120)49(4)97-74(128)84(9,10)109-78(132)87(15,16)104-65(119)45-95-68(122)57(36-38-63(92)117)100-70(124)59(41-48(2)3)102-77(131)86(13,14)110-79(133)88(17,18)107-72(126)61(47-115)103-75(129)83(7,8)106-71(125)60(98-51(6)116)42-52-31-26-25-27-32-52/h25-29,31-34,44,48-50,54,57-62,94,114-115H,24,30,35-43,45-47H2,1-23H3,(H2,92,117)(H2,93,118)(H,95,122)(H,96,120)(H,97,128)(H,98,116)(H,99,123)(H,100,124)(H,101,130)(H,102,131)(H,103,129)(H,104,119)(H,105,121)(H,106,125)(H,107,126)(H,108,127)(H,109,132)(H,110,133)(H,111,134)(H,112,135)/t49-,50+,54+,57+,58-,59+,60-,61-,62-,91+/m0/s1. The number of aliphatic hydroxyl groups is 2. The molecule has 4 rings (SSSR count). The lowest BCUT2D eigenvalue weighted by molar-refractivity contribution is -0.146. The Bertz CT molecular complexity index is 4920. The van der Waals surface area contributed by atoms with Crippen LogP contribution in [0.25, 0.3) is 10.9 Å². The number of carbonyl (C=O) groups is 21. The molecule has 1 fully saturated rings. The molecule has 0 spiro atoms. The number of hydrogen-bond acceptors (Lipinski definition) is 23. The highest BCUT2D eigenvalue weighted by atomic mass is 16.3. The van der Waals surface area contributed by atoms with Gasteiger partial charge in [0.2, 0.25) is 124 Å². The first kappa shape index (κ1) is 115. The number of benzene rings is 2. The van der Waals surface area contributed by atoms with Crippen molar-refractivity contribution in [2.75, 3.05) is 26.3 Å². The average Bonchev–Trinajstić information content (AvgIpc) is 1.54. The monoisotopic (exact) mass is 1910 g/mol. The van der Waals surface area contributed by atoms with Crippen LogP contribution < -0.4 is 107 Å². The van der Waals surface area contributed by atoms with Crippen molar-refractivity contribution in [3.05, 3.63) is 71.9 Å². The van der Waals surface area contributed by atoms with Crippen LogP contribution in [0.3, 0.4) is 0 Å². The molecule has 10 atom stereocenters. The summed E-state index contributed by atoms with van der Waals surface area (Å²) in [5.41, 5.74) is -3.01. The van der Waals surface area contributed by atoms with Gasteiger partial charge < -0.3 is 127 Å². The number of hydrogen-bond donors (Lipinski definition) is 23. The number of aromatic nitrogens is 1. The Morgan fingerprint density at radius 1 is 0.426 bits per heavy atom. The van der Waals surface area contributed by atoms with E-state index >= 15 is 0 Å². The summed E-state index contributed by atoms with van der Waals surface area (Å²) < 4.78 is 0. The molecule has 45 heteroatoms. The molecule has 754 valence electrons. The number of H-pyrrole nitrogens is 1. The topological polar surface area (TPSA) is 687 Å². The number of aliphatic hydroxyl groups excluding tert-OH is 2. The summed E-state index contributed by atoms with van der Waals surface area (Å²) in [4.78, 5) is 290. The van der Waals surface area contributed by atoms with Gasteiger partial charge in [-0.3, -0.25) is 101 Å². The Morgan fingerprint density at radius 3 is 1.36 bits per heavy atom. The minimum atomic E-state index is -1.88. The van der Waals surface area contributed by atoms with Gasteiger partial charge in [-0.15, -0.1) is 0 Å². The third kappa shape index (κ3) is 34.0. The largest absolute Gasteiger partial charge is 0.394 e. The highest BCUT2D eigenvalue weighted by Crippen LogP contribution is 2.26. The molecule has 0 bridgehead atoms. The fraction of sp³-hybridized carbons (Fsp3) is 0.615. The van der Waals surface area contributed by atoms with Crippen LogP contribution in [0.1, 0.15) is 222 Å². The van der Waals surface area contributed by atoms with Crippen LogP contribution in [0, 0.1) is 5.92 Å². The maximum absolute atomic E-state index is 14.4. The number of fused-ring (bicyclic) bond motifs is 1. The van der Waals surface area contributed by atoms with E-state index in [0.29, 0.717) is 12.0 Å². The second-order valence-electron chi connectivity index (χ2n) is 39.2. The third-order valence-electron chi connectivity index (χ3n) is 22.7. The maximum atomic E-state index is 14.4. The molecular formula is C91H142N22O23. The lowest BCUT2D eigenvalue weighted by Crippen LogP contribution is -2.68. The van der Waals surface area contributed by atoms with Crippen LogP contribution in [0.4, 0.5) is 0 Å². The van der Waals surface area contributed by atoms with Crippen LogP contribution >= 0.6 is 0 Å². The van der Waals surface area contributed by atoms with Crippen molar-refractivity contribution in [2.24, 2.45) is 17.4 Å².